The Balaban J connectivity index is 2.12. The Kier molecular flexibility index (Phi) is 4.06. The summed E-state index contributed by atoms with van der Waals surface area (Å²) in [5.41, 5.74) is 0.393. The molecule has 0 aromatic carbocycles. The fourth-order valence-electron chi connectivity index (χ4n) is 2.41. The average Bonchev–Trinajstić information content (AvgIpc) is 2.87. The van der Waals surface area contributed by atoms with Crippen LogP contribution in [0, 0.1) is 5.41 Å². The van der Waals surface area contributed by atoms with Crippen molar-refractivity contribution in [2.24, 2.45) is 5.41 Å². The van der Waals surface area contributed by atoms with Gasteiger partial charge in [-0.25, -0.2) is 0 Å². The zero-order valence-corrected chi connectivity index (χ0v) is 12.1. The lowest BCUT2D eigenvalue weighted by Gasteiger charge is -2.39. The van der Waals surface area contributed by atoms with Crippen LogP contribution in [0.3, 0.4) is 0 Å². The van der Waals surface area contributed by atoms with Crippen molar-refractivity contribution < 1.29 is 14.7 Å². The van der Waals surface area contributed by atoms with Gasteiger partial charge >= 0.3 is 0 Å². The molecule has 0 bridgehead atoms. The first kappa shape index (κ1) is 14.2. The third-order valence-corrected chi connectivity index (χ3v) is 4.58. The summed E-state index contributed by atoms with van der Waals surface area (Å²) >= 11 is 1.31. The normalized spacial score (nSPS) is 23.4. The summed E-state index contributed by atoms with van der Waals surface area (Å²) in [6.07, 6.45) is 1.85. The standard InChI is InChI=1S/C14H19NO3S/c1-10(17)11-6-12(19-7-11)13(18)15-5-3-4-14(2,8-15)9-16/h6-7,16H,3-5,8-9H2,1-2H3. The lowest BCUT2D eigenvalue weighted by Crippen LogP contribution is -2.46. The largest absolute Gasteiger partial charge is 0.396 e. The minimum atomic E-state index is -0.200. The molecule has 2 rings (SSSR count). The SMILES string of the molecule is CC(=O)c1csc(C(=O)N2CCCC(C)(CO)C2)c1. The van der Waals surface area contributed by atoms with E-state index in [1.807, 2.05) is 6.92 Å². The molecule has 1 atom stereocenters. The number of likely N-dealkylation sites (tertiary alicyclic amines) is 1. The monoisotopic (exact) mass is 281 g/mol. The van der Waals surface area contributed by atoms with Gasteiger partial charge in [-0.1, -0.05) is 6.92 Å². The van der Waals surface area contributed by atoms with Crippen molar-refractivity contribution in [2.75, 3.05) is 19.7 Å². The molecule has 1 aromatic heterocycles. The summed E-state index contributed by atoms with van der Waals surface area (Å²) in [5.74, 6) is -0.0500. The first-order valence-electron chi connectivity index (χ1n) is 6.45. The van der Waals surface area contributed by atoms with E-state index in [2.05, 4.69) is 0 Å². The molecule has 2 heterocycles. The Morgan fingerprint density at radius 3 is 2.84 bits per heavy atom. The van der Waals surface area contributed by atoms with E-state index in [0.717, 1.165) is 19.4 Å². The minimum absolute atomic E-state index is 0.0193. The molecule has 4 nitrogen and oxygen atoms in total. The summed E-state index contributed by atoms with van der Waals surface area (Å²) in [6.45, 7) is 4.90. The molecular weight excluding hydrogens is 262 g/mol. The Hall–Kier alpha value is -1.20. The highest BCUT2D eigenvalue weighted by molar-refractivity contribution is 7.12. The van der Waals surface area contributed by atoms with Crippen LogP contribution in [0.25, 0.3) is 0 Å². The zero-order valence-electron chi connectivity index (χ0n) is 11.3. The second kappa shape index (κ2) is 5.43. The van der Waals surface area contributed by atoms with Crippen LogP contribution in [-0.2, 0) is 0 Å². The van der Waals surface area contributed by atoms with E-state index in [9.17, 15) is 14.7 Å². The van der Waals surface area contributed by atoms with Crippen LogP contribution in [0.15, 0.2) is 11.4 Å². The number of piperidine rings is 1. The van der Waals surface area contributed by atoms with E-state index < -0.39 is 0 Å². The Morgan fingerprint density at radius 1 is 1.53 bits per heavy atom. The van der Waals surface area contributed by atoms with Crippen molar-refractivity contribution in [2.45, 2.75) is 26.7 Å². The lowest BCUT2D eigenvalue weighted by molar-refractivity contribution is 0.0361. The number of Topliss-reactive ketones (excluding diaryl/α,β-unsaturated/α-hetero) is 1. The molecule has 1 amide bonds. The van der Waals surface area contributed by atoms with Gasteiger partial charge in [-0.15, -0.1) is 11.3 Å². The highest BCUT2D eigenvalue weighted by atomic mass is 32.1. The number of aliphatic hydroxyl groups is 1. The molecule has 0 radical (unpaired) electrons. The predicted octanol–water partition coefficient (Wildman–Crippen LogP) is 2.19. The van der Waals surface area contributed by atoms with Gasteiger partial charge in [0.1, 0.15) is 0 Å². The van der Waals surface area contributed by atoms with Crippen LogP contribution in [0.2, 0.25) is 0 Å². The molecule has 1 N–H and O–H groups in total. The maximum absolute atomic E-state index is 12.4. The average molecular weight is 281 g/mol. The Bertz CT molecular complexity index is 497. The smallest absolute Gasteiger partial charge is 0.263 e. The second-order valence-electron chi connectivity index (χ2n) is 5.55. The van der Waals surface area contributed by atoms with E-state index in [-0.39, 0.29) is 23.7 Å². The molecule has 1 aliphatic rings. The number of aliphatic hydroxyl groups excluding tert-OH is 1. The zero-order chi connectivity index (χ0) is 14.0. The van der Waals surface area contributed by atoms with Gasteiger partial charge in [0.25, 0.3) is 5.91 Å². The first-order valence-corrected chi connectivity index (χ1v) is 7.33. The number of rotatable bonds is 3. The molecule has 5 heteroatoms. The summed E-state index contributed by atoms with van der Waals surface area (Å²) in [7, 11) is 0. The molecule has 1 unspecified atom stereocenters. The Morgan fingerprint density at radius 2 is 2.26 bits per heavy atom. The van der Waals surface area contributed by atoms with Crippen molar-refractivity contribution >= 4 is 23.0 Å². The molecule has 1 aliphatic heterocycles. The van der Waals surface area contributed by atoms with Gasteiger partial charge in [0.15, 0.2) is 5.78 Å². The molecule has 0 spiro atoms. The first-order chi connectivity index (χ1) is 8.95. The molecular formula is C14H19NO3S. The van der Waals surface area contributed by atoms with Crippen LogP contribution in [-0.4, -0.2) is 41.4 Å². The van der Waals surface area contributed by atoms with E-state index in [4.69, 9.17) is 0 Å². The van der Waals surface area contributed by atoms with Gasteiger partial charge < -0.3 is 10.0 Å². The molecule has 19 heavy (non-hydrogen) atoms. The van der Waals surface area contributed by atoms with Gasteiger partial charge in [-0.05, 0) is 25.8 Å². The van der Waals surface area contributed by atoms with Crippen LogP contribution in [0.4, 0.5) is 0 Å². The summed E-state index contributed by atoms with van der Waals surface area (Å²) in [4.78, 5) is 26.0. The third-order valence-electron chi connectivity index (χ3n) is 3.67. The number of carbonyl (C=O) groups excluding carboxylic acids is 2. The number of ketones is 1. The molecule has 1 saturated heterocycles. The van der Waals surface area contributed by atoms with Gasteiger partial charge in [0.2, 0.25) is 0 Å². The molecule has 0 aliphatic carbocycles. The van der Waals surface area contributed by atoms with Crippen LogP contribution < -0.4 is 0 Å². The Labute approximate surface area is 117 Å². The quantitative estimate of drug-likeness (QED) is 0.864. The van der Waals surface area contributed by atoms with Gasteiger partial charge in [-0.3, -0.25) is 9.59 Å². The fourth-order valence-corrected chi connectivity index (χ4v) is 3.32. The maximum Gasteiger partial charge on any atom is 0.263 e. The van der Waals surface area contributed by atoms with Crippen LogP contribution in [0.5, 0.6) is 0 Å². The van der Waals surface area contributed by atoms with Crippen molar-refractivity contribution in [1.29, 1.82) is 0 Å². The van der Waals surface area contributed by atoms with E-state index >= 15 is 0 Å². The van der Waals surface area contributed by atoms with Gasteiger partial charge in [-0.2, -0.15) is 0 Å². The number of carbonyl (C=O) groups is 2. The van der Waals surface area contributed by atoms with E-state index in [1.54, 1.807) is 16.3 Å². The molecule has 1 aromatic rings. The number of hydrogen-bond donors (Lipinski definition) is 1. The van der Waals surface area contributed by atoms with E-state index in [1.165, 1.54) is 18.3 Å². The lowest BCUT2D eigenvalue weighted by atomic mass is 9.83. The summed E-state index contributed by atoms with van der Waals surface area (Å²) < 4.78 is 0. The van der Waals surface area contributed by atoms with Crippen molar-refractivity contribution in [3.63, 3.8) is 0 Å². The van der Waals surface area contributed by atoms with Gasteiger partial charge in [0, 0.05) is 29.4 Å². The molecule has 0 saturated carbocycles. The number of hydrogen-bond acceptors (Lipinski definition) is 4. The summed E-state index contributed by atoms with van der Waals surface area (Å²) in [6, 6.07) is 1.67. The molecule has 1 fully saturated rings. The highest BCUT2D eigenvalue weighted by Crippen LogP contribution is 2.30. The van der Waals surface area contributed by atoms with Crippen molar-refractivity contribution in [3.05, 3.63) is 21.9 Å². The predicted molar refractivity (Wildman–Crippen MR) is 74.7 cm³/mol. The third kappa shape index (κ3) is 3.04. The minimum Gasteiger partial charge on any atom is -0.396 e. The number of nitrogens with zero attached hydrogens (tertiary/aromatic N) is 1. The van der Waals surface area contributed by atoms with Crippen LogP contribution in [0.1, 0.15) is 46.7 Å². The van der Waals surface area contributed by atoms with Crippen molar-refractivity contribution in [3.8, 4) is 0 Å². The van der Waals surface area contributed by atoms with Gasteiger partial charge in [0.05, 0.1) is 11.5 Å². The van der Waals surface area contributed by atoms with Crippen LogP contribution >= 0.6 is 11.3 Å². The topological polar surface area (TPSA) is 57.6 Å². The van der Waals surface area contributed by atoms with E-state index in [0.29, 0.717) is 17.0 Å². The fraction of sp³-hybridized carbons (Fsp3) is 0.571. The number of thiophene rings is 1. The molecule has 104 valence electrons. The maximum atomic E-state index is 12.4. The summed E-state index contributed by atoms with van der Waals surface area (Å²) in [5, 5.41) is 11.1. The number of amides is 1. The van der Waals surface area contributed by atoms with Crippen molar-refractivity contribution in [1.82, 2.24) is 4.90 Å². The second-order valence-corrected chi connectivity index (χ2v) is 6.47. The highest BCUT2D eigenvalue weighted by Gasteiger charge is 2.33.